The third-order valence-electron chi connectivity index (χ3n) is 6.35. The average Bonchev–Trinajstić information content (AvgIpc) is 2.82. The lowest BCUT2D eigenvalue weighted by Gasteiger charge is -2.26. The third-order valence-corrected chi connectivity index (χ3v) is 6.35. The number of methoxy groups -OCH3 is 1. The lowest BCUT2D eigenvalue weighted by atomic mass is 9.94. The topological polar surface area (TPSA) is 111 Å². The van der Waals surface area contributed by atoms with Crippen LogP contribution in [0.5, 0.6) is 5.88 Å². The Kier molecular flexibility index (Phi) is 8.86. The lowest BCUT2D eigenvalue weighted by Crippen LogP contribution is -2.40. The molecule has 1 aromatic carbocycles. The minimum absolute atomic E-state index is 0.116. The normalized spacial score (nSPS) is 12.7. The van der Waals surface area contributed by atoms with Crippen LogP contribution >= 0.6 is 0 Å². The predicted octanol–water partition coefficient (Wildman–Crippen LogP) is 4.76. The van der Waals surface area contributed by atoms with E-state index in [2.05, 4.69) is 10.3 Å². The molecule has 2 heterocycles. The Morgan fingerprint density at radius 1 is 1.11 bits per heavy atom. The van der Waals surface area contributed by atoms with Gasteiger partial charge in [-0.2, -0.15) is 0 Å². The molecule has 0 fully saturated rings. The first kappa shape index (κ1) is 27.6. The van der Waals surface area contributed by atoms with Crippen LogP contribution < -0.4 is 15.6 Å². The molecular formula is C29H35N3O5. The number of carbonyl (C=O) groups excluding carboxylic acids is 1. The summed E-state index contributed by atoms with van der Waals surface area (Å²) < 4.78 is 6.88. The van der Waals surface area contributed by atoms with Gasteiger partial charge in [0.1, 0.15) is 6.04 Å². The number of nitrogens with zero attached hydrogens (tertiary/aromatic N) is 2. The van der Waals surface area contributed by atoms with E-state index in [1.54, 1.807) is 18.5 Å². The molecule has 0 aliphatic rings. The molecule has 0 aliphatic carbocycles. The molecule has 0 bridgehead atoms. The van der Waals surface area contributed by atoms with Crippen LogP contribution in [0.3, 0.4) is 0 Å². The number of aryl methyl sites for hydroxylation is 3. The first-order valence-corrected chi connectivity index (χ1v) is 12.3. The zero-order chi connectivity index (χ0) is 27.3. The number of carbonyl (C=O) groups is 2. The van der Waals surface area contributed by atoms with Crippen molar-refractivity contribution in [2.75, 3.05) is 7.11 Å². The van der Waals surface area contributed by atoms with E-state index in [4.69, 9.17) is 4.74 Å². The van der Waals surface area contributed by atoms with Crippen molar-refractivity contribution in [3.8, 4) is 17.0 Å². The Labute approximate surface area is 217 Å². The number of hydrogen-bond acceptors (Lipinski definition) is 5. The number of carboxylic acid groups (broad SMARTS) is 1. The van der Waals surface area contributed by atoms with Crippen LogP contribution in [0.1, 0.15) is 61.0 Å². The summed E-state index contributed by atoms with van der Waals surface area (Å²) in [4.78, 5) is 42.7. The fourth-order valence-electron chi connectivity index (χ4n) is 4.62. The average molecular weight is 506 g/mol. The molecule has 3 aromatic rings. The van der Waals surface area contributed by atoms with E-state index in [0.29, 0.717) is 12.0 Å². The van der Waals surface area contributed by atoms with Crippen molar-refractivity contribution < 1.29 is 19.4 Å². The van der Waals surface area contributed by atoms with Crippen molar-refractivity contribution in [1.82, 2.24) is 14.9 Å². The van der Waals surface area contributed by atoms with E-state index in [0.717, 1.165) is 27.8 Å². The molecule has 37 heavy (non-hydrogen) atoms. The number of aromatic nitrogens is 2. The van der Waals surface area contributed by atoms with Crippen molar-refractivity contribution in [3.63, 3.8) is 0 Å². The summed E-state index contributed by atoms with van der Waals surface area (Å²) in [7, 11) is 1.46. The van der Waals surface area contributed by atoms with Crippen molar-refractivity contribution in [1.29, 1.82) is 0 Å². The van der Waals surface area contributed by atoms with Crippen LogP contribution in [0.25, 0.3) is 11.1 Å². The molecule has 0 saturated carbocycles. The molecule has 2 aromatic heterocycles. The van der Waals surface area contributed by atoms with E-state index < -0.39 is 24.0 Å². The van der Waals surface area contributed by atoms with E-state index in [1.807, 2.05) is 58.9 Å². The summed E-state index contributed by atoms with van der Waals surface area (Å²) in [5, 5.41) is 12.6. The SMILES string of the molecule is COc1ncc(-c2c(C)cccc2C)cc1C(CC(=O)O)NC(=O)C(CC(C)C)n1ccc(C)cc1=O. The van der Waals surface area contributed by atoms with Crippen molar-refractivity contribution in [3.05, 3.63) is 81.4 Å². The Morgan fingerprint density at radius 3 is 2.35 bits per heavy atom. The number of hydrogen-bond donors (Lipinski definition) is 2. The number of benzene rings is 1. The molecule has 0 aliphatic heterocycles. The largest absolute Gasteiger partial charge is 0.481 e. The van der Waals surface area contributed by atoms with Gasteiger partial charge in [-0.3, -0.25) is 14.4 Å². The van der Waals surface area contributed by atoms with Gasteiger partial charge in [0, 0.05) is 29.6 Å². The van der Waals surface area contributed by atoms with Crippen LogP contribution in [-0.4, -0.2) is 33.6 Å². The molecule has 2 unspecified atom stereocenters. The van der Waals surface area contributed by atoms with Crippen LogP contribution in [0.15, 0.2) is 53.6 Å². The number of rotatable bonds is 10. The second-order valence-electron chi connectivity index (χ2n) is 9.84. The summed E-state index contributed by atoms with van der Waals surface area (Å²) in [5.41, 5.74) is 4.85. The number of nitrogens with one attached hydrogen (secondary N) is 1. The zero-order valence-electron chi connectivity index (χ0n) is 22.2. The molecule has 2 N–H and O–H groups in total. The summed E-state index contributed by atoms with van der Waals surface area (Å²) in [6.07, 6.45) is 3.33. The van der Waals surface area contributed by atoms with Crippen molar-refractivity contribution in [2.45, 2.75) is 59.5 Å². The third kappa shape index (κ3) is 6.64. The smallest absolute Gasteiger partial charge is 0.305 e. The van der Waals surface area contributed by atoms with Gasteiger partial charge in [0.2, 0.25) is 11.8 Å². The van der Waals surface area contributed by atoms with Crippen LogP contribution in [0, 0.1) is 26.7 Å². The monoisotopic (exact) mass is 505 g/mol. The highest BCUT2D eigenvalue weighted by Crippen LogP contribution is 2.33. The first-order chi connectivity index (χ1) is 17.5. The number of pyridine rings is 2. The maximum atomic E-state index is 13.6. The van der Waals surface area contributed by atoms with E-state index >= 15 is 0 Å². The number of aliphatic carboxylic acids is 1. The molecule has 0 saturated heterocycles. The minimum Gasteiger partial charge on any atom is -0.481 e. The molecule has 0 spiro atoms. The summed E-state index contributed by atoms with van der Waals surface area (Å²) in [6, 6.07) is 9.33. The summed E-state index contributed by atoms with van der Waals surface area (Å²) in [5.74, 6) is -1.18. The summed E-state index contributed by atoms with van der Waals surface area (Å²) in [6.45, 7) is 9.75. The van der Waals surface area contributed by atoms with Gasteiger partial charge in [-0.15, -0.1) is 0 Å². The van der Waals surface area contributed by atoms with Gasteiger partial charge in [0.25, 0.3) is 5.56 Å². The highest BCUT2D eigenvalue weighted by Gasteiger charge is 2.29. The highest BCUT2D eigenvalue weighted by molar-refractivity contribution is 5.82. The van der Waals surface area contributed by atoms with Gasteiger partial charge < -0.3 is 19.7 Å². The highest BCUT2D eigenvalue weighted by atomic mass is 16.5. The maximum Gasteiger partial charge on any atom is 0.305 e. The number of carboxylic acids is 1. The van der Waals surface area contributed by atoms with E-state index in [9.17, 15) is 19.5 Å². The molecule has 1 amide bonds. The van der Waals surface area contributed by atoms with Crippen LogP contribution in [0.2, 0.25) is 0 Å². The quantitative estimate of drug-likeness (QED) is 0.411. The van der Waals surface area contributed by atoms with Crippen molar-refractivity contribution in [2.24, 2.45) is 5.92 Å². The first-order valence-electron chi connectivity index (χ1n) is 12.3. The number of ether oxygens (including phenoxy) is 1. The number of amides is 1. The summed E-state index contributed by atoms with van der Waals surface area (Å²) >= 11 is 0. The Morgan fingerprint density at radius 2 is 1.78 bits per heavy atom. The van der Waals surface area contributed by atoms with Gasteiger partial charge in [0.15, 0.2) is 0 Å². The molecule has 3 rings (SSSR count). The second kappa shape index (κ2) is 11.9. The fraction of sp³-hybridized carbons (Fsp3) is 0.379. The van der Waals surface area contributed by atoms with Crippen molar-refractivity contribution >= 4 is 11.9 Å². The fourth-order valence-corrected chi connectivity index (χ4v) is 4.62. The van der Waals surface area contributed by atoms with Gasteiger partial charge in [-0.1, -0.05) is 32.0 Å². The van der Waals surface area contributed by atoms with Crippen LogP contribution in [-0.2, 0) is 9.59 Å². The maximum absolute atomic E-state index is 13.6. The lowest BCUT2D eigenvalue weighted by molar-refractivity contribution is -0.138. The Bertz CT molecular complexity index is 1330. The van der Waals surface area contributed by atoms with Gasteiger partial charge in [-0.25, -0.2) is 4.98 Å². The molecule has 8 nitrogen and oxygen atoms in total. The van der Waals surface area contributed by atoms with E-state index in [1.165, 1.54) is 17.7 Å². The van der Waals surface area contributed by atoms with Gasteiger partial charge >= 0.3 is 5.97 Å². The molecule has 196 valence electrons. The Hall–Kier alpha value is -3.94. The second-order valence-corrected chi connectivity index (χ2v) is 9.84. The molecule has 2 atom stereocenters. The zero-order valence-corrected chi connectivity index (χ0v) is 22.2. The van der Waals surface area contributed by atoms with Gasteiger partial charge in [-0.05, 0) is 67.5 Å². The standard InChI is InChI=1S/C29H35N3O5/c1-17(2)12-24(32-11-10-18(3)13-25(32)33)28(36)31-23(15-26(34)35)22-14-21(16-30-29(22)37-6)27-19(4)8-7-9-20(27)5/h7-11,13-14,16-17,23-24H,12,15H2,1-6H3,(H,31,36)(H,34,35). The van der Waals surface area contributed by atoms with E-state index in [-0.39, 0.29) is 23.8 Å². The molecule has 8 heteroatoms. The predicted molar refractivity (Wildman–Crippen MR) is 143 cm³/mol. The minimum atomic E-state index is -1.09. The molecule has 0 radical (unpaired) electrons. The Balaban J connectivity index is 2.07. The van der Waals surface area contributed by atoms with Crippen LogP contribution in [0.4, 0.5) is 0 Å². The van der Waals surface area contributed by atoms with Gasteiger partial charge in [0.05, 0.1) is 19.6 Å². The molecular weight excluding hydrogens is 470 g/mol.